The van der Waals surface area contributed by atoms with Crippen LogP contribution >= 0.6 is 0 Å². The van der Waals surface area contributed by atoms with Gasteiger partial charge in [-0.25, -0.2) is 0 Å². The molecule has 1 heterocycles. The van der Waals surface area contributed by atoms with Gasteiger partial charge in [0.05, 0.1) is 6.54 Å². The Kier molecular flexibility index (Phi) is 2.65. The first-order valence-electron chi connectivity index (χ1n) is 4.56. The van der Waals surface area contributed by atoms with Crippen LogP contribution in [0.4, 0.5) is 0 Å². The molecule has 0 saturated carbocycles. The van der Waals surface area contributed by atoms with Crippen LogP contribution < -0.4 is 0 Å². The van der Waals surface area contributed by atoms with Crippen LogP contribution in [0.2, 0.25) is 0 Å². The summed E-state index contributed by atoms with van der Waals surface area (Å²) in [5, 5.41) is 0. The molecule has 12 heavy (non-hydrogen) atoms. The summed E-state index contributed by atoms with van der Waals surface area (Å²) in [5.41, 5.74) is -0.254. The van der Waals surface area contributed by atoms with E-state index in [-0.39, 0.29) is 11.3 Å². The molecule has 0 aromatic rings. The van der Waals surface area contributed by atoms with Crippen LogP contribution in [-0.2, 0) is 4.79 Å². The second-order valence-electron chi connectivity index (χ2n) is 4.25. The summed E-state index contributed by atoms with van der Waals surface area (Å²) in [6.07, 6.45) is 3.85. The minimum Gasteiger partial charge on any atom is -0.299 e. The van der Waals surface area contributed by atoms with Gasteiger partial charge in [0.2, 0.25) is 0 Å². The van der Waals surface area contributed by atoms with Crippen molar-refractivity contribution in [3.63, 3.8) is 0 Å². The highest BCUT2D eigenvalue weighted by atomic mass is 16.1. The van der Waals surface area contributed by atoms with Crippen molar-refractivity contribution < 1.29 is 4.79 Å². The number of aliphatic imine (C=N–C) groups is 1. The molecule has 0 N–H and O–H groups in total. The van der Waals surface area contributed by atoms with E-state index in [0.717, 1.165) is 12.8 Å². The first kappa shape index (κ1) is 9.43. The lowest BCUT2D eigenvalue weighted by Crippen LogP contribution is -2.33. The fourth-order valence-corrected chi connectivity index (χ4v) is 1.58. The van der Waals surface area contributed by atoms with Gasteiger partial charge in [-0.15, -0.1) is 0 Å². The first-order valence-corrected chi connectivity index (χ1v) is 4.56. The molecule has 1 rings (SSSR count). The van der Waals surface area contributed by atoms with Crippen molar-refractivity contribution in [2.75, 3.05) is 6.54 Å². The number of carbonyl (C=O) groups is 1. The zero-order chi connectivity index (χ0) is 9.19. The quantitative estimate of drug-likeness (QED) is 0.543. The molecule has 0 amide bonds. The summed E-state index contributed by atoms with van der Waals surface area (Å²) in [6, 6.07) is 0. The smallest absolute Gasteiger partial charge is 0.143 e. The van der Waals surface area contributed by atoms with Crippen molar-refractivity contribution in [1.82, 2.24) is 0 Å². The van der Waals surface area contributed by atoms with Crippen LogP contribution in [0.5, 0.6) is 0 Å². The zero-order valence-electron chi connectivity index (χ0n) is 8.13. The number of hydrogen-bond acceptors (Lipinski definition) is 2. The predicted molar refractivity (Wildman–Crippen MR) is 50.5 cm³/mol. The Morgan fingerprint density at radius 1 is 1.58 bits per heavy atom. The average molecular weight is 167 g/mol. The van der Waals surface area contributed by atoms with Gasteiger partial charge in [0.15, 0.2) is 0 Å². The highest BCUT2D eigenvalue weighted by Gasteiger charge is 2.31. The van der Waals surface area contributed by atoms with Crippen LogP contribution in [0.3, 0.4) is 0 Å². The van der Waals surface area contributed by atoms with E-state index in [2.05, 4.69) is 4.99 Å². The number of hydrogen-bond donors (Lipinski definition) is 0. The van der Waals surface area contributed by atoms with E-state index in [0.29, 0.717) is 12.3 Å². The van der Waals surface area contributed by atoms with E-state index in [4.69, 9.17) is 0 Å². The molecule has 0 spiro atoms. The summed E-state index contributed by atoms with van der Waals surface area (Å²) in [5.74, 6) is 0.561. The van der Waals surface area contributed by atoms with Crippen molar-refractivity contribution in [2.45, 2.75) is 33.6 Å². The number of rotatable bonds is 0. The maximum absolute atomic E-state index is 11.7. The van der Waals surface area contributed by atoms with Crippen LogP contribution in [0.15, 0.2) is 4.99 Å². The maximum atomic E-state index is 11.7. The summed E-state index contributed by atoms with van der Waals surface area (Å²) in [7, 11) is 0. The molecule has 0 aromatic carbocycles. The second-order valence-corrected chi connectivity index (χ2v) is 4.25. The van der Waals surface area contributed by atoms with E-state index in [1.165, 1.54) is 0 Å². The minimum absolute atomic E-state index is 0.201. The van der Waals surface area contributed by atoms with Crippen LogP contribution in [0, 0.1) is 11.3 Å². The van der Waals surface area contributed by atoms with Crippen molar-refractivity contribution in [3.8, 4) is 0 Å². The lowest BCUT2D eigenvalue weighted by atomic mass is 9.80. The monoisotopic (exact) mass is 167 g/mol. The Morgan fingerprint density at radius 3 is 2.92 bits per heavy atom. The Labute approximate surface area is 74.1 Å². The highest BCUT2D eigenvalue weighted by Crippen LogP contribution is 2.25. The van der Waals surface area contributed by atoms with Gasteiger partial charge >= 0.3 is 0 Å². The minimum atomic E-state index is -0.254. The normalized spacial score (nSPS) is 29.6. The Morgan fingerprint density at radius 2 is 2.25 bits per heavy atom. The van der Waals surface area contributed by atoms with E-state index in [1.54, 1.807) is 0 Å². The molecule has 0 radical (unpaired) electrons. The molecule has 0 bridgehead atoms. The van der Waals surface area contributed by atoms with Gasteiger partial charge < -0.3 is 0 Å². The highest BCUT2D eigenvalue weighted by molar-refractivity contribution is 5.87. The molecule has 0 saturated heterocycles. The molecule has 1 aliphatic heterocycles. The molecule has 68 valence electrons. The van der Waals surface area contributed by atoms with Gasteiger partial charge in [-0.2, -0.15) is 0 Å². The van der Waals surface area contributed by atoms with Gasteiger partial charge in [-0.05, 0) is 19.1 Å². The van der Waals surface area contributed by atoms with Gasteiger partial charge in [0.25, 0.3) is 0 Å². The summed E-state index contributed by atoms with van der Waals surface area (Å²) >= 11 is 0. The van der Waals surface area contributed by atoms with Crippen LogP contribution in [0.25, 0.3) is 0 Å². The SMILES string of the molecule is CC1CCC=NCC(C)(C)C1=O. The Hall–Kier alpha value is -0.660. The topological polar surface area (TPSA) is 29.4 Å². The average Bonchev–Trinajstić information content (AvgIpc) is 2.00. The number of carbonyl (C=O) groups excluding carboxylic acids is 1. The molecule has 2 heteroatoms. The van der Waals surface area contributed by atoms with Gasteiger partial charge in [0, 0.05) is 11.3 Å². The zero-order valence-corrected chi connectivity index (χ0v) is 8.13. The maximum Gasteiger partial charge on any atom is 0.143 e. The van der Waals surface area contributed by atoms with Gasteiger partial charge in [0.1, 0.15) is 5.78 Å². The molecule has 0 fully saturated rings. The third-order valence-electron chi connectivity index (χ3n) is 2.46. The predicted octanol–water partition coefficient (Wildman–Crippen LogP) is 2.08. The molecule has 0 aromatic heterocycles. The largest absolute Gasteiger partial charge is 0.299 e. The van der Waals surface area contributed by atoms with E-state index in [1.807, 2.05) is 27.0 Å². The molecular weight excluding hydrogens is 150 g/mol. The van der Waals surface area contributed by atoms with Gasteiger partial charge in [-0.1, -0.05) is 20.8 Å². The second kappa shape index (κ2) is 3.38. The molecule has 1 atom stereocenters. The molecule has 1 unspecified atom stereocenters. The van der Waals surface area contributed by atoms with E-state index < -0.39 is 0 Å². The fourth-order valence-electron chi connectivity index (χ4n) is 1.58. The van der Waals surface area contributed by atoms with Crippen molar-refractivity contribution in [1.29, 1.82) is 0 Å². The summed E-state index contributed by atoms with van der Waals surface area (Å²) in [4.78, 5) is 16.0. The van der Waals surface area contributed by atoms with Crippen molar-refractivity contribution in [3.05, 3.63) is 0 Å². The molecular formula is C10H17NO. The third-order valence-corrected chi connectivity index (χ3v) is 2.46. The van der Waals surface area contributed by atoms with Gasteiger partial charge in [-0.3, -0.25) is 9.79 Å². The van der Waals surface area contributed by atoms with E-state index >= 15 is 0 Å². The number of nitrogens with zero attached hydrogens (tertiary/aromatic N) is 1. The summed E-state index contributed by atoms with van der Waals surface area (Å²) in [6.45, 7) is 6.63. The Bertz CT molecular complexity index is 206. The van der Waals surface area contributed by atoms with Crippen LogP contribution in [0.1, 0.15) is 33.6 Å². The summed E-state index contributed by atoms with van der Waals surface area (Å²) < 4.78 is 0. The molecule has 1 aliphatic rings. The third kappa shape index (κ3) is 1.93. The standard InChI is InChI=1S/C10H17NO/c1-8-5-4-6-11-7-10(2,3)9(8)12/h6,8H,4-5,7H2,1-3H3. The lowest BCUT2D eigenvalue weighted by molar-refractivity contribution is -0.130. The number of ketones is 1. The van der Waals surface area contributed by atoms with Crippen LogP contribution in [-0.4, -0.2) is 18.5 Å². The lowest BCUT2D eigenvalue weighted by Gasteiger charge is -2.26. The Balaban J connectivity index is 2.80. The number of Topliss-reactive ketones (excluding diaryl/α,β-unsaturated/α-hetero) is 1. The fraction of sp³-hybridized carbons (Fsp3) is 0.800. The molecule has 2 nitrogen and oxygen atoms in total. The van der Waals surface area contributed by atoms with Crippen molar-refractivity contribution in [2.24, 2.45) is 16.3 Å². The molecule has 0 aliphatic carbocycles. The first-order chi connectivity index (χ1) is 5.54. The van der Waals surface area contributed by atoms with E-state index in [9.17, 15) is 4.79 Å². The van der Waals surface area contributed by atoms with Crippen molar-refractivity contribution >= 4 is 12.0 Å².